The van der Waals surface area contributed by atoms with Gasteiger partial charge in [-0.2, -0.15) is 0 Å². The molecule has 14 heavy (non-hydrogen) atoms. The number of hydrazine groups is 1. The zero-order chi connectivity index (χ0) is 11.1. The van der Waals surface area contributed by atoms with Crippen LogP contribution in [0.1, 0.15) is 19.8 Å². The molecule has 6 nitrogen and oxygen atoms in total. The third-order valence-electron chi connectivity index (χ3n) is 1.80. The molecule has 0 aromatic heterocycles. The molecule has 0 aliphatic rings. The molecule has 0 saturated heterocycles. The summed E-state index contributed by atoms with van der Waals surface area (Å²) in [4.78, 5) is 11.3. The fourth-order valence-corrected chi connectivity index (χ4v) is 1.01. The SMILES string of the molecule is CCCC(N)NN(C)C(=O)[C@@H](N)CO. The maximum Gasteiger partial charge on any atom is 0.255 e. The summed E-state index contributed by atoms with van der Waals surface area (Å²) in [5.41, 5.74) is 13.8. The number of nitrogens with one attached hydrogen (secondary N) is 1. The zero-order valence-corrected chi connectivity index (χ0v) is 8.73. The molecular weight excluding hydrogens is 184 g/mol. The molecule has 2 atom stereocenters. The molecule has 0 aliphatic carbocycles. The average molecular weight is 204 g/mol. The van der Waals surface area contributed by atoms with Gasteiger partial charge in [0.15, 0.2) is 0 Å². The Hall–Kier alpha value is -0.690. The van der Waals surface area contributed by atoms with E-state index in [4.69, 9.17) is 16.6 Å². The fourth-order valence-electron chi connectivity index (χ4n) is 1.01. The number of rotatable bonds is 6. The molecule has 6 N–H and O–H groups in total. The number of aliphatic hydroxyl groups excluding tert-OH is 1. The summed E-state index contributed by atoms with van der Waals surface area (Å²) >= 11 is 0. The minimum absolute atomic E-state index is 0.264. The predicted molar refractivity (Wildman–Crippen MR) is 53.9 cm³/mol. The van der Waals surface area contributed by atoms with Gasteiger partial charge in [0.25, 0.3) is 5.91 Å². The Morgan fingerprint density at radius 1 is 1.57 bits per heavy atom. The molecule has 0 saturated carbocycles. The van der Waals surface area contributed by atoms with Gasteiger partial charge in [-0.25, -0.2) is 5.43 Å². The summed E-state index contributed by atoms with van der Waals surface area (Å²) in [5.74, 6) is -0.376. The molecule has 0 radical (unpaired) electrons. The first-order valence-corrected chi connectivity index (χ1v) is 4.68. The maximum absolute atomic E-state index is 11.3. The van der Waals surface area contributed by atoms with Gasteiger partial charge in [0.05, 0.1) is 12.8 Å². The van der Waals surface area contributed by atoms with Gasteiger partial charge in [-0.15, -0.1) is 0 Å². The molecule has 1 amide bonds. The number of amides is 1. The Bertz CT molecular complexity index is 177. The average Bonchev–Trinajstić information content (AvgIpc) is 2.15. The molecular formula is C8H20N4O2. The summed E-state index contributed by atoms with van der Waals surface area (Å²) in [7, 11) is 1.54. The molecule has 0 aromatic carbocycles. The highest BCUT2D eigenvalue weighted by Crippen LogP contribution is 1.92. The Labute approximate surface area is 84.2 Å². The van der Waals surface area contributed by atoms with Crippen molar-refractivity contribution in [3.05, 3.63) is 0 Å². The number of likely N-dealkylation sites (N-methyl/N-ethyl adjacent to an activating group) is 1. The lowest BCUT2D eigenvalue weighted by Gasteiger charge is -2.24. The highest BCUT2D eigenvalue weighted by molar-refractivity contribution is 5.81. The van der Waals surface area contributed by atoms with E-state index in [0.717, 1.165) is 12.8 Å². The number of hydrogen-bond acceptors (Lipinski definition) is 5. The summed E-state index contributed by atoms with van der Waals surface area (Å²) in [5, 5.41) is 9.88. The van der Waals surface area contributed by atoms with Gasteiger partial charge in [0.1, 0.15) is 6.04 Å². The van der Waals surface area contributed by atoms with E-state index in [2.05, 4.69) is 5.43 Å². The Balaban J connectivity index is 3.94. The van der Waals surface area contributed by atoms with Crippen molar-refractivity contribution >= 4 is 5.91 Å². The van der Waals surface area contributed by atoms with Crippen LogP contribution >= 0.6 is 0 Å². The minimum atomic E-state index is -0.888. The fraction of sp³-hybridized carbons (Fsp3) is 0.875. The second kappa shape index (κ2) is 6.72. The zero-order valence-electron chi connectivity index (χ0n) is 8.73. The normalized spacial score (nSPS) is 14.9. The first-order chi connectivity index (χ1) is 6.52. The van der Waals surface area contributed by atoms with Gasteiger partial charge in [-0.05, 0) is 6.42 Å². The van der Waals surface area contributed by atoms with E-state index in [0.29, 0.717) is 0 Å². The van der Waals surface area contributed by atoms with Crippen molar-refractivity contribution in [3.8, 4) is 0 Å². The molecule has 0 heterocycles. The molecule has 0 rings (SSSR count). The van der Waals surface area contributed by atoms with E-state index in [1.54, 1.807) is 0 Å². The van der Waals surface area contributed by atoms with Crippen LogP contribution in [0, 0.1) is 0 Å². The van der Waals surface area contributed by atoms with Crippen LogP contribution in [-0.4, -0.2) is 41.9 Å². The Kier molecular flexibility index (Phi) is 6.39. The molecule has 0 spiro atoms. The van der Waals surface area contributed by atoms with Gasteiger partial charge in [-0.1, -0.05) is 13.3 Å². The molecule has 0 bridgehead atoms. The monoisotopic (exact) mass is 204 g/mol. The second-order valence-electron chi connectivity index (χ2n) is 3.21. The standard InChI is InChI=1S/C8H20N4O2/c1-3-4-7(10)11-12(2)8(14)6(9)5-13/h6-7,11,13H,3-5,9-10H2,1-2H3/t6-,7?/m0/s1. The van der Waals surface area contributed by atoms with Crippen LogP contribution in [0.25, 0.3) is 0 Å². The van der Waals surface area contributed by atoms with E-state index in [1.165, 1.54) is 12.1 Å². The summed E-state index contributed by atoms with van der Waals surface area (Å²) < 4.78 is 0. The van der Waals surface area contributed by atoms with E-state index in [-0.39, 0.29) is 18.7 Å². The van der Waals surface area contributed by atoms with Crippen molar-refractivity contribution < 1.29 is 9.90 Å². The van der Waals surface area contributed by atoms with Crippen LogP contribution in [0.3, 0.4) is 0 Å². The van der Waals surface area contributed by atoms with Gasteiger partial charge >= 0.3 is 0 Å². The Morgan fingerprint density at radius 3 is 2.57 bits per heavy atom. The smallest absolute Gasteiger partial charge is 0.255 e. The molecule has 0 aromatic rings. The quantitative estimate of drug-likeness (QED) is 0.306. The number of nitrogens with zero attached hydrogens (tertiary/aromatic N) is 1. The van der Waals surface area contributed by atoms with Crippen molar-refractivity contribution in [2.45, 2.75) is 32.0 Å². The molecule has 0 aliphatic heterocycles. The van der Waals surface area contributed by atoms with E-state index in [9.17, 15) is 4.79 Å². The maximum atomic E-state index is 11.3. The lowest BCUT2D eigenvalue weighted by molar-refractivity contribution is -0.135. The second-order valence-corrected chi connectivity index (χ2v) is 3.21. The van der Waals surface area contributed by atoms with Crippen molar-refractivity contribution in [2.24, 2.45) is 11.5 Å². The van der Waals surface area contributed by atoms with Crippen molar-refractivity contribution in [1.82, 2.24) is 10.4 Å². The van der Waals surface area contributed by atoms with Crippen LogP contribution in [0.4, 0.5) is 0 Å². The first kappa shape index (κ1) is 13.3. The van der Waals surface area contributed by atoms with Crippen LogP contribution in [0.5, 0.6) is 0 Å². The Morgan fingerprint density at radius 2 is 2.14 bits per heavy atom. The topological polar surface area (TPSA) is 105 Å². The van der Waals surface area contributed by atoms with Crippen LogP contribution < -0.4 is 16.9 Å². The highest BCUT2D eigenvalue weighted by atomic mass is 16.3. The lowest BCUT2D eigenvalue weighted by atomic mass is 10.3. The van der Waals surface area contributed by atoms with E-state index in [1.807, 2.05) is 6.92 Å². The van der Waals surface area contributed by atoms with E-state index < -0.39 is 6.04 Å². The molecule has 1 unspecified atom stereocenters. The highest BCUT2D eigenvalue weighted by Gasteiger charge is 2.17. The number of hydrogen-bond donors (Lipinski definition) is 4. The molecule has 6 heteroatoms. The number of carbonyl (C=O) groups excluding carboxylic acids is 1. The summed E-state index contributed by atoms with van der Waals surface area (Å²) in [6, 6.07) is -0.888. The van der Waals surface area contributed by atoms with Crippen LogP contribution in [0.2, 0.25) is 0 Å². The summed E-state index contributed by atoms with van der Waals surface area (Å²) in [6.07, 6.45) is 1.44. The van der Waals surface area contributed by atoms with Gasteiger partial charge < -0.3 is 16.6 Å². The van der Waals surface area contributed by atoms with Gasteiger partial charge in [0.2, 0.25) is 0 Å². The minimum Gasteiger partial charge on any atom is -0.394 e. The number of aliphatic hydroxyl groups is 1. The first-order valence-electron chi connectivity index (χ1n) is 4.68. The van der Waals surface area contributed by atoms with Gasteiger partial charge in [0, 0.05) is 7.05 Å². The van der Waals surface area contributed by atoms with Gasteiger partial charge in [-0.3, -0.25) is 9.80 Å². The third-order valence-corrected chi connectivity index (χ3v) is 1.80. The number of nitrogens with two attached hydrogens (primary N) is 2. The lowest BCUT2D eigenvalue weighted by Crippen LogP contribution is -2.55. The largest absolute Gasteiger partial charge is 0.394 e. The van der Waals surface area contributed by atoms with Crippen LogP contribution in [-0.2, 0) is 4.79 Å². The third kappa shape index (κ3) is 4.52. The predicted octanol–water partition coefficient (Wildman–Crippen LogP) is -1.65. The molecule has 0 fully saturated rings. The van der Waals surface area contributed by atoms with Crippen molar-refractivity contribution in [2.75, 3.05) is 13.7 Å². The summed E-state index contributed by atoms with van der Waals surface area (Å²) in [6.45, 7) is 1.64. The van der Waals surface area contributed by atoms with Crippen molar-refractivity contribution in [1.29, 1.82) is 0 Å². The number of carbonyl (C=O) groups is 1. The van der Waals surface area contributed by atoms with Crippen molar-refractivity contribution in [3.63, 3.8) is 0 Å². The molecule has 84 valence electrons. The van der Waals surface area contributed by atoms with Crippen LogP contribution in [0.15, 0.2) is 0 Å². The van der Waals surface area contributed by atoms with E-state index >= 15 is 0 Å².